The fourth-order valence-electron chi connectivity index (χ4n) is 2.23. The monoisotopic (exact) mass is 343 g/mol. The first-order chi connectivity index (χ1) is 12.2. The number of ether oxygens (including phenoxy) is 3. The first-order valence-corrected chi connectivity index (χ1v) is 7.61. The van der Waals surface area contributed by atoms with Crippen LogP contribution in [0.3, 0.4) is 0 Å². The van der Waals surface area contributed by atoms with Crippen LogP contribution in [0.25, 0.3) is 0 Å². The van der Waals surface area contributed by atoms with Crippen molar-refractivity contribution in [1.29, 1.82) is 0 Å². The average Bonchev–Trinajstić information content (AvgIpc) is 3.09. The normalized spacial score (nSPS) is 11.9. The predicted octanol–water partition coefficient (Wildman–Crippen LogP) is 1.44. The number of benzene rings is 1. The van der Waals surface area contributed by atoms with Gasteiger partial charge < -0.3 is 24.8 Å². The summed E-state index contributed by atoms with van der Waals surface area (Å²) < 4.78 is 15.4. The van der Waals surface area contributed by atoms with Gasteiger partial charge in [-0.25, -0.2) is 0 Å². The summed E-state index contributed by atoms with van der Waals surface area (Å²) in [4.78, 5) is 28.4. The Kier molecular flexibility index (Phi) is 5.10. The summed E-state index contributed by atoms with van der Waals surface area (Å²) in [7, 11) is 1.55. The molecule has 1 aromatic heterocycles. The van der Waals surface area contributed by atoms with E-state index in [1.165, 1.54) is 12.3 Å². The van der Waals surface area contributed by atoms with Crippen LogP contribution in [0.2, 0.25) is 0 Å². The Bertz CT molecular complexity index is 794. The summed E-state index contributed by atoms with van der Waals surface area (Å²) in [6.07, 6.45) is 1.42. The number of fused-ring (bicyclic) bond motifs is 1. The number of anilines is 1. The largest absolute Gasteiger partial charge is 0.454 e. The van der Waals surface area contributed by atoms with Crippen molar-refractivity contribution in [3.8, 4) is 11.5 Å². The van der Waals surface area contributed by atoms with E-state index in [-0.39, 0.29) is 18.4 Å². The summed E-state index contributed by atoms with van der Waals surface area (Å²) in [5, 5.41) is 5.41. The van der Waals surface area contributed by atoms with E-state index < -0.39 is 5.91 Å². The Labute approximate surface area is 144 Å². The lowest BCUT2D eigenvalue weighted by atomic mass is 10.2. The third-order valence-corrected chi connectivity index (χ3v) is 3.48. The van der Waals surface area contributed by atoms with Crippen molar-refractivity contribution in [2.24, 2.45) is 0 Å². The lowest BCUT2D eigenvalue weighted by Crippen LogP contribution is -2.27. The standard InChI is InChI=1S/C17H17N3O5/c1-23-7-6-19-16(21)11-4-5-18-13(8-11)17(22)20-12-2-3-14-15(9-12)25-10-24-14/h2-5,8-9H,6-7,10H2,1H3,(H,19,21)(H,20,22). The molecule has 0 atom stereocenters. The van der Waals surface area contributed by atoms with Crippen molar-refractivity contribution in [2.45, 2.75) is 0 Å². The van der Waals surface area contributed by atoms with Gasteiger partial charge in [0, 0.05) is 37.2 Å². The molecule has 1 aliphatic rings. The Morgan fingerprint density at radius 1 is 1.16 bits per heavy atom. The van der Waals surface area contributed by atoms with Crippen LogP contribution < -0.4 is 20.1 Å². The van der Waals surface area contributed by atoms with Crippen LogP contribution in [-0.2, 0) is 4.74 Å². The molecule has 8 heteroatoms. The number of pyridine rings is 1. The van der Waals surface area contributed by atoms with E-state index in [0.29, 0.717) is 35.9 Å². The van der Waals surface area contributed by atoms with Crippen molar-refractivity contribution in [1.82, 2.24) is 10.3 Å². The maximum Gasteiger partial charge on any atom is 0.274 e. The van der Waals surface area contributed by atoms with E-state index in [1.807, 2.05) is 0 Å². The number of carbonyl (C=O) groups is 2. The summed E-state index contributed by atoms with van der Waals surface area (Å²) in [6, 6.07) is 8.06. The number of rotatable bonds is 6. The molecule has 1 aromatic carbocycles. The first-order valence-electron chi connectivity index (χ1n) is 7.61. The van der Waals surface area contributed by atoms with E-state index >= 15 is 0 Å². The fraction of sp³-hybridized carbons (Fsp3) is 0.235. The summed E-state index contributed by atoms with van der Waals surface area (Å²) >= 11 is 0. The Balaban J connectivity index is 1.68. The van der Waals surface area contributed by atoms with Gasteiger partial charge in [-0.2, -0.15) is 0 Å². The summed E-state index contributed by atoms with van der Waals surface area (Å²) in [5.74, 6) is 0.477. The van der Waals surface area contributed by atoms with Gasteiger partial charge in [-0.05, 0) is 24.3 Å². The van der Waals surface area contributed by atoms with Crippen molar-refractivity contribution >= 4 is 17.5 Å². The second kappa shape index (κ2) is 7.63. The van der Waals surface area contributed by atoms with E-state index in [1.54, 1.807) is 31.4 Å². The van der Waals surface area contributed by atoms with Gasteiger partial charge >= 0.3 is 0 Å². The SMILES string of the molecule is COCCNC(=O)c1ccnc(C(=O)Nc2ccc3c(c2)OCO3)c1. The van der Waals surface area contributed by atoms with Crippen LogP contribution in [0.5, 0.6) is 11.5 Å². The molecule has 2 amide bonds. The molecule has 0 fully saturated rings. The fourth-order valence-corrected chi connectivity index (χ4v) is 2.23. The van der Waals surface area contributed by atoms with Crippen LogP contribution in [0.4, 0.5) is 5.69 Å². The predicted molar refractivity (Wildman–Crippen MR) is 89.0 cm³/mol. The molecular formula is C17H17N3O5. The number of carbonyl (C=O) groups excluding carboxylic acids is 2. The van der Waals surface area contributed by atoms with Crippen LogP contribution in [0.15, 0.2) is 36.5 Å². The number of aromatic nitrogens is 1. The smallest absolute Gasteiger partial charge is 0.274 e. The van der Waals surface area contributed by atoms with Gasteiger partial charge in [-0.3, -0.25) is 14.6 Å². The molecule has 2 heterocycles. The maximum atomic E-state index is 12.4. The maximum absolute atomic E-state index is 12.4. The molecule has 2 N–H and O–H groups in total. The highest BCUT2D eigenvalue weighted by atomic mass is 16.7. The van der Waals surface area contributed by atoms with E-state index in [9.17, 15) is 9.59 Å². The molecule has 130 valence electrons. The van der Waals surface area contributed by atoms with Gasteiger partial charge in [0.25, 0.3) is 11.8 Å². The lowest BCUT2D eigenvalue weighted by molar-refractivity contribution is 0.0937. The van der Waals surface area contributed by atoms with Gasteiger partial charge in [0.1, 0.15) is 5.69 Å². The minimum atomic E-state index is -0.426. The molecule has 8 nitrogen and oxygen atoms in total. The molecule has 0 spiro atoms. The highest BCUT2D eigenvalue weighted by molar-refractivity contribution is 6.04. The van der Waals surface area contributed by atoms with Gasteiger partial charge in [-0.1, -0.05) is 0 Å². The van der Waals surface area contributed by atoms with Crippen LogP contribution in [0.1, 0.15) is 20.8 Å². The van der Waals surface area contributed by atoms with E-state index in [2.05, 4.69) is 15.6 Å². The topological polar surface area (TPSA) is 98.8 Å². The number of hydrogen-bond acceptors (Lipinski definition) is 6. The molecule has 0 saturated heterocycles. The van der Waals surface area contributed by atoms with Gasteiger partial charge in [0.2, 0.25) is 6.79 Å². The summed E-state index contributed by atoms with van der Waals surface area (Å²) in [5.41, 5.74) is 1.03. The Hall–Kier alpha value is -3.13. The highest BCUT2D eigenvalue weighted by Crippen LogP contribution is 2.34. The zero-order valence-electron chi connectivity index (χ0n) is 13.6. The van der Waals surface area contributed by atoms with E-state index in [0.717, 1.165) is 0 Å². The van der Waals surface area contributed by atoms with Crippen molar-refractivity contribution in [2.75, 3.05) is 32.4 Å². The third kappa shape index (κ3) is 4.04. The number of amides is 2. The number of methoxy groups -OCH3 is 1. The highest BCUT2D eigenvalue weighted by Gasteiger charge is 2.16. The summed E-state index contributed by atoms with van der Waals surface area (Å²) in [6.45, 7) is 0.958. The lowest BCUT2D eigenvalue weighted by Gasteiger charge is -2.08. The van der Waals surface area contributed by atoms with Crippen LogP contribution in [-0.4, -0.2) is 43.9 Å². The molecule has 3 rings (SSSR count). The first kappa shape index (κ1) is 16.7. The average molecular weight is 343 g/mol. The zero-order valence-corrected chi connectivity index (χ0v) is 13.6. The Morgan fingerprint density at radius 2 is 2.00 bits per heavy atom. The quantitative estimate of drug-likeness (QED) is 0.770. The van der Waals surface area contributed by atoms with Crippen molar-refractivity contribution in [3.05, 3.63) is 47.8 Å². The van der Waals surface area contributed by atoms with Crippen LogP contribution in [0, 0.1) is 0 Å². The number of hydrogen-bond donors (Lipinski definition) is 2. The molecule has 0 aliphatic carbocycles. The second-order valence-corrected chi connectivity index (χ2v) is 5.20. The molecular weight excluding hydrogens is 326 g/mol. The van der Waals surface area contributed by atoms with Gasteiger partial charge in [-0.15, -0.1) is 0 Å². The van der Waals surface area contributed by atoms with Crippen molar-refractivity contribution < 1.29 is 23.8 Å². The minimum absolute atomic E-state index is 0.136. The molecule has 1 aliphatic heterocycles. The third-order valence-electron chi connectivity index (χ3n) is 3.48. The molecule has 0 saturated carbocycles. The van der Waals surface area contributed by atoms with E-state index in [4.69, 9.17) is 14.2 Å². The Morgan fingerprint density at radius 3 is 2.84 bits per heavy atom. The molecule has 0 unspecified atom stereocenters. The van der Waals surface area contributed by atoms with Gasteiger partial charge in [0.15, 0.2) is 11.5 Å². The molecule has 0 bridgehead atoms. The van der Waals surface area contributed by atoms with Gasteiger partial charge in [0.05, 0.1) is 6.61 Å². The minimum Gasteiger partial charge on any atom is -0.454 e. The molecule has 2 aromatic rings. The number of nitrogens with zero attached hydrogens (tertiary/aromatic N) is 1. The van der Waals surface area contributed by atoms with Crippen molar-refractivity contribution in [3.63, 3.8) is 0 Å². The second-order valence-electron chi connectivity index (χ2n) is 5.20. The molecule has 25 heavy (non-hydrogen) atoms. The zero-order chi connectivity index (χ0) is 17.6. The molecule has 0 radical (unpaired) electrons. The van der Waals surface area contributed by atoms with Crippen LogP contribution >= 0.6 is 0 Å². The number of nitrogens with one attached hydrogen (secondary N) is 2.